The Morgan fingerprint density at radius 2 is 1.46 bits per heavy atom. The fraction of sp³-hybridized carbons (Fsp3) is 0.471. The first-order chi connectivity index (χ1) is 19.1. The van der Waals surface area contributed by atoms with E-state index in [1.54, 1.807) is 4.90 Å². The van der Waals surface area contributed by atoms with Crippen LogP contribution in [0.1, 0.15) is 99.9 Å². The summed E-state index contributed by atoms with van der Waals surface area (Å²) >= 11 is 6.60. The van der Waals surface area contributed by atoms with E-state index in [2.05, 4.69) is 6.92 Å². The summed E-state index contributed by atoms with van der Waals surface area (Å²) in [6.45, 7) is 3.37. The number of nitrogens with zero attached hydrogens (tertiary/aromatic N) is 2. The molecule has 4 nitrogen and oxygen atoms in total. The molecule has 210 valence electrons. The molecule has 0 aliphatic rings. The number of ether oxygens (including phenoxy) is 1. The van der Waals surface area contributed by atoms with E-state index in [4.69, 9.17) is 16.3 Å². The molecule has 0 N–H and O–H groups in total. The summed E-state index contributed by atoms with van der Waals surface area (Å²) in [4.78, 5) is 15.2. The summed E-state index contributed by atoms with van der Waals surface area (Å²) in [7, 11) is 1.92. The van der Waals surface area contributed by atoms with Gasteiger partial charge in [-0.05, 0) is 42.3 Å². The van der Waals surface area contributed by atoms with Gasteiger partial charge in [-0.25, -0.2) is 4.57 Å². The van der Waals surface area contributed by atoms with Crippen LogP contribution in [-0.4, -0.2) is 12.5 Å². The van der Waals surface area contributed by atoms with Crippen LogP contribution in [0, 0.1) is 0 Å². The number of unbranched alkanes of at least 4 members (excludes halogenated alkanes) is 11. The molecule has 0 saturated heterocycles. The highest BCUT2D eigenvalue weighted by Gasteiger charge is 2.20. The lowest BCUT2D eigenvalue weighted by Crippen LogP contribution is -2.34. The minimum Gasteiger partial charge on any atom is -0.492 e. The summed E-state index contributed by atoms with van der Waals surface area (Å²) in [6, 6.07) is 19.3. The van der Waals surface area contributed by atoms with Gasteiger partial charge in [-0.3, -0.25) is 4.79 Å². The van der Waals surface area contributed by atoms with Crippen molar-refractivity contribution >= 4 is 23.2 Å². The average molecular weight is 550 g/mol. The number of hydrogen-bond acceptors (Lipinski definition) is 2. The molecule has 39 heavy (non-hydrogen) atoms. The zero-order valence-corrected chi connectivity index (χ0v) is 24.7. The van der Waals surface area contributed by atoms with Crippen molar-refractivity contribution in [3.05, 3.63) is 89.2 Å². The van der Waals surface area contributed by atoms with Crippen LogP contribution in [0.15, 0.2) is 73.1 Å². The van der Waals surface area contributed by atoms with E-state index in [1.807, 2.05) is 84.7 Å². The molecule has 0 radical (unpaired) electrons. The third-order valence-corrected chi connectivity index (χ3v) is 7.39. The highest BCUT2D eigenvalue weighted by atomic mass is 35.5. The lowest BCUT2D eigenvalue weighted by molar-refractivity contribution is -0.671. The number of para-hydroxylation sites is 1. The largest absolute Gasteiger partial charge is 0.492 e. The van der Waals surface area contributed by atoms with E-state index >= 15 is 0 Å². The first kappa shape index (κ1) is 30.7. The molecule has 0 aliphatic heterocycles. The Bertz CT molecular complexity index is 1120. The maximum Gasteiger partial charge on any atom is 0.264 e. The predicted octanol–water partition coefficient (Wildman–Crippen LogP) is 9.09. The molecule has 2 aromatic carbocycles. The van der Waals surface area contributed by atoms with Gasteiger partial charge in [0, 0.05) is 11.8 Å². The average Bonchev–Trinajstić information content (AvgIpc) is 2.95. The van der Waals surface area contributed by atoms with Crippen molar-refractivity contribution in [2.24, 2.45) is 7.05 Å². The number of carbonyl (C=O) groups is 1. The van der Waals surface area contributed by atoms with Crippen molar-refractivity contribution in [1.82, 2.24) is 0 Å². The normalized spacial score (nSPS) is 10.9. The van der Waals surface area contributed by atoms with Crippen LogP contribution in [0.2, 0.25) is 5.02 Å². The Morgan fingerprint density at radius 3 is 2.08 bits per heavy atom. The quantitative estimate of drug-likeness (QED) is 0.117. The van der Waals surface area contributed by atoms with E-state index < -0.39 is 0 Å². The number of pyridine rings is 1. The highest BCUT2D eigenvalue weighted by molar-refractivity contribution is 6.32. The van der Waals surface area contributed by atoms with Crippen LogP contribution in [0.4, 0.5) is 5.69 Å². The van der Waals surface area contributed by atoms with Crippen molar-refractivity contribution in [3.8, 4) is 5.75 Å². The van der Waals surface area contributed by atoms with Crippen LogP contribution in [0.5, 0.6) is 5.75 Å². The van der Waals surface area contributed by atoms with Crippen molar-refractivity contribution in [2.75, 3.05) is 11.5 Å². The maximum absolute atomic E-state index is 13.5. The molecule has 0 saturated carbocycles. The van der Waals surface area contributed by atoms with Crippen molar-refractivity contribution in [1.29, 1.82) is 0 Å². The standard InChI is InChI=1S/C34H46ClN2O2/c1-3-4-5-6-7-8-9-10-11-12-13-17-25-39-33-23-22-29(26-32(33)35)27-37(31-20-15-14-16-21-31)34(38)30-19-18-24-36(2)28-30/h14-16,18-24,26,28H,3-13,17,25,27H2,1-2H3/q+1. The lowest BCUT2D eigenvalue weighted by Gasteiger charge is -2.23. The number of aryl methyl sites for hydroxylation is 1. The number of rotatable bonds is 18. The highest BCUT2D eigenvalue weighted by Crippen LogP contribution is 2.28. The molecular formula is C34H46ClN2O2+. The molecule has 0 bridgehead atoms. The second-order valence-corrected chi connectivity index (χ2v) is 10.9. The summed E-state index contributed by atoms with van der Waals surface area (Å²) in [5.41, 5.74) is 2.44. The van der Waals surface area contributed by atoms with E-state index in [0.717, 1.165) is 17.7 Å². The Labute approximate surface area is 241 Å². The van der Waals surface area contributed by atoms with Crippen LogP contribution >= 0.6 is 11.6 Å². The molecule has 5 heteroatoms. The Hall–Kier alpha value is -2.85. The van der Waals surface area contributed by atoms with Gasteiger partial charge in [0.05, 0.1) is 18.2 Å². The third-order valence-electron chi connectivity index (χ3n) is 7.09. The van der Waals surface area contributed by atoms with Crippen molar-refractivity contribution < 1.29 is 14.1 Å². The Morgan fingerprint density at radius 1 is 0.821 bits per heavy atom. The summed E-state index contributed by atoms with van der Waals surface area (Å²) < 4.78 is 7.87. The molecule has 3 rings (SSSR count). The van der Waals surface area contributed by atoms with Crippen molar-refractivity contribution in [2.45, 2.75) is 90.5 Å². The summed E-state index contributed by atoms with van der Waals surface area (Å²) in [5, 5.41) is 0.581. The molecule has 1 amide bonds. The van der Waals surface area contributed by atoms with E-state index in [-0.39, 0.29) is 5.91 Å². The molecule has 0 unspecified atom stereocenters. The van der Waals surface area contributed by atoms with Gasteiger partial charge >= 0.3 is 0 Å². The van der Waals surface area contributed by atoms with E-state index in [9.17, 15) is 4.79 Å². The van der Waals surface area contributed by atoms with Gasteiger partial charge in [0.1, 0.15) is 18.4 Å². The number of aromatic nitrogens is 1. The maximum atomic E-state index is 13.5. The smallest absolute Gasteiger partial charge is 0.264 e. The first-order valence-electron chi connectivity index (χ1n) is 14.8. The molecule has 0 fully saturated rings. The topological polar surface area (TPSA) is 33.4 Å². The van der Waals surface area contributed by atoms with E-state index in [0.29, 0.717) is 29.5 Å². The Balaban J connectivity index is 1.43. The number of anilines is 1. The van der Waals surface area contributed by atoms with Gasteiger partial charge in [0.2, 0.25) is 0 Å². The van der Waals surface area contributed by atoms with Gasteiger partial charge in [-0.1, -0.05) is 113 Å². The predicted molar refractivity (Wildman–Crippen MR) is 163 cm³/mol. The summed E-state index contributed by atoms with van der Waals surface area (Å²) in [6.07, 6.45) is 19.6. The minimum absolute atomic E-state index is 0.0548. The molecule has 1 aromatic heterocycles. The van der Waals surface area contributed by atoms with Gasteiger partial charge in [-0.15, -0.1) is 0 Å². The molecule has 0 atom stereocenters. The van der Waals surface area contributed by atoms with Gasteiger partial charge in [0.25, 0.3) is 5.91 Å². The van der Waals surface area contributed by atoms with Gasteiger partial charge in [0.15, 0.2) is 12.4 Å². The van der Waals surface area contributed by atoms with Gasteiger partial charge < -0.3 is 9.64 Å². The fourth-order valence-electron chi connectivity index (χ4n) is 4.83. The lowest BCUT2D eigenvalue weighted by atomic mass is 10.1. The monoisotopic (exact) mass is 549 g/mol. The number of carbonyl (C=O) groups excluding carboxylic acids is 1. The van der Waals surface area contributed by atoms with E-state index in [1.165, 1.54) is 70.6 Å². The molecular weight excluding hydrogens is 504 g/mol. The zero-order chi connectivity index (χ0) is 27.7. The molecule has 3 aromatic rings. The fourth-order valence-corrected chi connectivity index (χ4v) is 5.08. The molecule has 0 aliphatic carbocycles. The number of hydrogen-bond donors (Lipinski definition) is 0. The zero-order valence-electron chi connectivity index (χ0n) is 23.9. The SMILES string of the molecule is CCCCCCCCCCCCCCOc1ccc(CN(C(=O)c2ccc[n+](C)c2)c2ccccc2)cc1Cl. The third kappa shape index (κ3) is 11.0. The van der Waals surface area contributed by atoms with Crippen LogP contribution in [0.25, 0.3) is 0 Å². The number of benzene rings is 2. The minimum atomic E-state index is -0.0548. The molecule has 0 spiro atoms. The second-order valence-electron chi connectivity index (χ2n) is 10.5. The van der Waals surface area contributed by atoms with Crippen LogP contribution in [0.3, 0.4) is 0 Å². The molecule has 1 heterocycles. The van der Waals surface area contributed by atoms with Crippen molar-refractivity contribution in [3.63, 3.8) is 0 Å². The first-order valence-corrected chi connectivity index (χ1v) is 15.2. The second kappa shape index (κ2) is 17.7. The van der Waals surface area contributed by atoms with Gasteiger partial charge in [-0.2, -0.15) is 0 Å². The number of amides is 1. The van der Waals surface area contributed by atoms with Crippen LogP contribution in [-0.2, 0) is 13.6 Å². The number of halogens is 1. The summed E-state index contributed by atoms with van der Waals surface area (Å²) in [5.74, 6) is 0.650. The van der Waals surface area contributed by atoms with Crippen LogP contribution < -0.4 is 14.2 Å². The Kier molecular flexibility index (Phi) is 13.9.